The first-order valence-electron chi connectivity index (χ1n) is 7.46. The van der Waals surface area contributed by atoms with E-state index in [1.54, 1.807) is 7.11 Å². The fourth-order valence-electron chi connectivity index (χ4n) is 2.70. The SMILES string of the molecule is COc1ccc(C(N)CN2CCN(C(C)C)CC2)cc1. The van der Waals surface area contributed by atoms with Crippen molar-refractivity contribution in [1.29, 1.82) is 0 Å². The first kappa shape index (κ1) is 15.3. The Hall–Kier alpha value is -1.10. The van der Waals surface area contributed by atoms with Crippen molar-refractivity contribution in [2.24, 2.45) is 5.73 Å². The highest BCUT2D eigenvalue weighted by atomic mass is 16.5. The van der Waals surface area contributed by atoms with Crippen LogP contribution in [0.4, 0.5) is 0 Å². The van der Waals surface area contributed by atoms with Crippen LogP contribution in [0.1, 0.15) is 25.5 Å². The van der Waals surface area contributed by atoms with E-state index in [9.17, 15) is 0 Å². The Kier molecular flexibility index (Phi) is 5.40. The molecular formula is C16H27N3O. The first-order chi connectivity index (χ1) is 9.60. The molecule has 2 N–H and O–H groups in total. The highest BCUT2D eigenvalue weighted by Gasteiger charge is 2.20. The maximum absolute atomic E-state index is 6.32. The second-order valence-electron chi connectivity index (χ2n) is 5.81. The van der Waals surface area contributed by atoms with Crippen molar-refractivity contribution in [1.82, 2.24) is 9.80 Å². The number of nitrogens with zero attached hydrogens (tertiary/aromatic N) is 2. The number of nitrogens with two attached hydrogens (primary N) is 1. The summed E-state index contributed by atoms with van der Waals surface area (Å²) in [6.07, 6.45) is 0. The molecule has 1 saturated heterocycles. The minimum atomic E-state index is 0.0755. The van der Waals surface area contributed by atoms with E-state index >= 15 is 0 Å². The molecule has 0 spiro atoms. The molecule has 112 valence electrons. The molecule has 0 aliphatic carbocycles. The minimum absolute atomic E-state index is 0.0755. The van der Waals surface area contributed by atoms with Crippen LogP contribution in [0.2, 0.25) is 0 Å². The van der Waals surface area contributed by atoms with E-state index in [0.29, 0.717) is 6.04 Å². The van der Waals surface area contributed by atoms with Gasteiger partial charge in [0.05, 0.1) is 7.11 Å². The average molecular weight is 277 g/mol. The second-order valence-corrected chi connectivity index (χ2v) is 5.81. The summed E-state index contributed by atoms with van der Waals surface area (Å²) in [6.45, 7) is 9.97. The summed E-state index contributed by atoms with van der Waals surface area (Å²) in [5.41, 5.74) is 7.49. The number of piperazine rings is 1. The fraction of sp³-hybridized carbons (Fsp3) is 0.625. The molecule has 2 rings (SSSR count). The quantitative estimate of drug-likeness (QED) is 0.890. The van der Waals surface area contributed by atoms with Gasteiger partial charge in [0.25, 0.3) is 0 Å². The van der Waals surface area contributed by atoms with Crippen LogP contribution in [0.15, 0.2) is 24.3 Å². The number of methoxy groups -OCH3 is 1. The average Bonchev–Trinajstić information content (AvgIpc) is 2.48. The largest absolute Gasteiger partial charge is 0.497 e. The van der Waals surface area contributed by atoms with E-state index in [1.807, 2.05) is 12.1 Å². The lowest BCUT2D eigenvalue weighted by Crippen LogP contribution is -2.50. The molecule has 0 radical (unpaired) electrons. The summed E-state index contributed by atoms with van der Waals surface area (Å²) in [7, 11) is 1.68. The van der Waals surface area contributed by atoms with Gasteiger partial charge in [-0.1, -0.05) is 12.1 Å². The predicted octanol–water partition coefficient (Wildman–Crippen LogP) is 1.72. The van der Waals surface area contributed by atoms with Gasteiger partial charge in [-0.2, -0.15) is 0 Å². The Morgan fingerprint density at radius 1 is 1.10 bits per heavy atom. The Balaban J connectivity index is 1.84. The lowest BCUT2D eigenvalue weighted by atomic mass is 10.1. The van der Waals surface area contributed by atoms with E-state index in [4.69, 9.17) is 10.5 Å². The van der Waals surface area contributed by atoms with E-state index in [0.717, 1.165) is 38.5 Å². The third-order valence-corrected chi connectivity index (χ3v) is 4.14. The van der Waals surface area contributed by atoms with Crippen LogP contribution >= 0.6 is 0 Å². The molecule has 0 bridgehead atoms. The van der Waals surface area contributed by atoms with E-state index < -0.39 is 0 Å². The molecule has 1 fully saturated rings. The smallest absolute Gasteiger partial charge is 0.118 e. The molecule has 0 saturated carbocycles. The Morgan fingerprint density at radius 3 is 2.20 bits per heavy atom. The van der Waals surface area contributed by atoms with Crippen molar-refractivity contribution in [3.05, 3.63) is 29.8 Å². The monoisotopic (exact) mass is 277 g/mol. The van der Waals surface area contributed by atoms with Crippen LogP contribution in [0, 0.1) is 0 Å². The third-order valence-electron chi connectivity index (χ3n) is 4.14. The van der Waals surface area contributed by atoms with Crippen molar-refractivity contribution in [3.8, 4) is 5.75 Å². The molecule has 1 aromatic rings. The first-order valence-corrected chi connectivity index (χ1v) is 7.46. The molecule has 1 atom stereocenters. The van der Waals surface area contributed by atoms with Gasteiger partial charge in [0, 0.05) is 44.8 Å². The van der Waals surface area contributed by atoms with E-state index in [2.05, 4.69) is 35.8 Å². The molecule has 1 aliphatic heterocycles. The lowest BCUT2D eigenvalue weighted by molar-refractivity contribution is 0.104. The van der Waals surface area contributed by atoms with Crippen LogP contribution in [0.25, 0.3) is 0 Å². The Morgan fingerprint density at radius 2 is 1.70 bits per heavy atom. The van der Waals surface area contributed by atoms with Crippen LogP contribution < -0.4 is 10.5 Å². The zero-order valence-electron chi connectivity index (χ0n) is 12.9. The molecule has 1 aliphatic rings. The topological polar surface area (TPSA) is 41.7 Å². The Bertz CT molecular complexity index is 397. The van der Waals surface area contributed by atoms with Crippen molar-refractivity contribution in [3.63, 3.8) is 0 Å². The summed E-state index contributed by atoms with van der Waals surface area (Å²) < 4.78 is 5.18. The van der Waals surface area contributed by atoms with Crippen molar-refractivity contribution < 1.29 is 4.74 Å². The molecule has 1 aromatic carbocycles. The standard InChI is InChI=1S/C16H27N3O/c1-13(2)19-10-8-18(9-11-19)12-16(17)14-4-6-15(20-3)7-5-14/h4-7,13,16H,8-12,17H2,1-3H3. The van der Waals surface area contributed by atoms with Crippen molar-refractivity contribution in [2.75, 3.05) is 39.8 Å². The van der Waals surface area contributed by atoms with Crippen molar-refractivity contribution >= 4 is 0 Å². The van der Waals surface area contributed by atoms with Gasteiger partial charge in [-0.25, -0.2) is 0 Å². The number of hydrogen-bond acceptors (Lipinski definition) is 4. The summed E-state index contributed by atoms with van der Waals surface area (Å²) >= 11 is 0. The molecule has 4 nitrogen and oxygen atoms in total. The zero-order valence-corrected chi connectivity index (χ0v) is 12.9. The Labute approximate surface area is 122 Å². The van der Waals surface area contributed by atoms with Gasteiger partial charge in [0.15, 0.2) is 0 Å². The summed E-state index contributed by atoms with van der Waals surface area (Å²) in [5, 5.41) is 0. The van der Waals surface area contributed by atoms with Gasteiger partial charge in [-0.05, 0) is 31.5 Å². The van der Waals surface area contributed by atoms with Crippen LogP contribution in [-0.4, -0.2) is 55.7 Å². The van der Waals surface area contributed by atoms with Gasteiger partial charge in [-0.15, -0.1) is 0 Å². The highest BCUT2D eigenvalue weighted by molar-refractivity contribution is 5.29. The highest BCUT2D eigenvalue weighted by Crippen LogP contribution is 2.17. The second kappa shape index (κ2) is 7.07. The molecular weight excluding hydrogens is 250 g/mol. The number of rotatable bonds is 5. The lowest BCUT2D eigenvalue weighted by Gasteiger charge is -2.37. The molecule has 1 unspecified atom stereocenters. The van der Waals surface area contributed by atoms with Crippen LogP contribution in [0.3, 0.4) is 0 Å². The zero-order chi connectivity index (χ0) is 14.5. The van der Waals surface area contributed by atoms with Gasteiger partial charge < -0.3 is 10.5 Å². The number of benzene rings is 1. The maximum atomic E-state index is 6.32. The van der Waals surface area contributed by atoms with Crippen LogP contribution in [-0.2, 0) is 0 Å². The summed E-state index contributed by atoms with van der Waals surface area (Å²) in [5.74, 6) is 0.881. The maximum Gasteiger partial charge on any atom is 0.118 e. The summed E-state index contributed by atoms with van der Waals surface area (Å²) in [6, 6.07) is 8.80. The number of ether oxygens (including phenoxy) is 1. The van der Waals surface area contributed by atoms with E-state index in [1.165, 1.54) is 5.56 Å². The van der Waals surface area contributed by atoms with Crippen LogP contribution in [0.5, 0.6) is 5.75 Å². The predicted molar refractivity (Wildman–Crippen MR) is 83.1 cm³/mol. The van der Waals surface area contributed by atoms with E-state index in [-0.39, 0.29) is 6.04 Å². The molecule has 1 heterocycles. The number of hydrogen-bond donors (Lipinski definition) is 1. The van der Waals surface area contributed by atoms with Gasteiger partial charge in [-0.3, -0.25) is 9.80 Å². The van der Waals surface area contributed by atoms with Gasteiger partial charge in [0.1, 0.15) is 5.75 Å². The molecule has 20 heavy (non-hydrogen) atoms. The van der Waals surface area contributed by atoms with Crippen molar-refractivity contribution in [2.45, 2.75) is 25.9 Å². The normalized spacial score (nSPS) is 19.2. The molecule has 4 heteroatoms. The summed E-state index contributed by atoms with van der Waals surface area (Å²) in [4.78, 5) is 4.99. The van der Waals surface area contributed by atoms with Gasteiger partial charge in [0.2, 0.25) is 0 Å². The third kappa shape index (κ3) is 3.95. The molecule has 0 aromatic heterocycles. The fourth-order valence-corrected chi connectivity index (χ4v) is 2.70. The minimum Gasteiger partial charge on any atom is -0.497 e. The molecule has 0 amide bonds. The van der Waals surface area contributed by atoms with Gasteiger partial charge >= 0.3 is 0 Å².